The van der Waals surface area contributed by atoms with Gasteiger partial charge in [0.05, 0.1) is 29.7 Å². The van der Waals surface area contributed by atoms with E-state index in [0.29, 0.717) is 35.2 Å². The minimum absolute atomic E-state index is 0.0379. The van der Waals surface area contributed by atoms with Crippen LogP contribution in [0.5, 0.6) is 17.2 Å². The van der Waals surface area contributed by atoms with Crippen LogP contribution in [-0.2, 0) is 14.6 Å². The molecule has 1 aliphatic heterocycles. The summed E-state index contributed by atoms with van der Waals surface area (Å²) in [6.45, 7) is 2.48. The van der Waals surface area contributed by atoms with Crippen molar-refractivity contribution in [1.82, 2.24) is 0 Å². The summed E-state index contributed by atoms with van der Waals surface area (Å²) in [5, 5.41) is 3.18. The second kappa shape index (κ2) is 8.19. The Balaban J connectivity index is 1.75. The number of carbonyl (C=O) groups is 1. The summed E-state index contributed by atoms with van der Waals surface area (Å²) in [5.41, 5.74) is 0.394. The number of ether oxygens (including phenoxy) is 2. The van der Waals surface area contributed by atoms with Crippen molar-refractivity contribution in [2.75, 3.05) is 23.4 Å². The van der Waals surface area contributed by atoms with Crippen molar-refractivity contribution in [3.05, 3.63) is 47.5 Å². The van der Waals surface area contributed by atoms with E-state index in [1.165, 1.54) is 0 Å². The second-order valence-corrected chi connectivity index (χ2v) is 8.90. The third-order valence-corrected chi connectivity index (χ3v) is 6.17. The number of nitrogens with one attached hydrogen (secondary N) is 1. The molecular formula is C19H20ClNO5S. The Morgan fingerprint density at radius 2 is 1.89 bits per heavy atom. The molecule has 2 aromatic carbocycles. The van der Waals surface area contributed by atoms with Gasteiger partial charge in [-0.2, -0.15) is 0 Å². The Morgan fingerprint density at radius 3 is 2.52 bits per heavy atom. The minimum atomic E-state index is -3.14. The van der Waals surface area contributed by atoms with Gasteiger partial charge in [0.15, 0.2) is 15.6 Å². The molecule has 6 nitrogen and oxygen atoms in total. The Kier molecular flexibility index (Phi) is 5.92. The number of rotatable bonds is 6. The van der Waals surface area contributed by atoms with Gasteiger partial charge in [0.2, 0.25) is 5.91 Å². The molecule has 1 aliphatic rings. The fourth-order valence-corrected chi connectivity index (χ4v) is 4.74. The molecule has 27 heavy (non-hydrogen) atoms. The van der Waals surface area contributed by atoms with Crippen LogP contribution in [0.25, 0.3) is 0 Å². The molecule has 0 spiro atoms. The van der Waals surface area contributed by atoms with E-state index in [2.05, 4.69) is 5.32 Å². The summed E-state index contributed by atoms with van der Waals surface area (Å²) >= 11 is 6.04. The highest BCUT2D eigenvalue weighted by atomic mass is 35.5. The van der Waals surface area contributed by atoms with Gasteiger partial charge in [-0.3, -0.25) is 4.79 Å². The maximum atomic E-state index is 12.4. The van der Waals surface area contributed by atoms with Gasteiger partial charge < -0.3 is 14.8 Å². The smallest absolute Gasteiger partial charge is 0.228 e. The Hall–Kier alpha value is -2.25. The van der Waals surface area contributed by atoms with Gasteiger partial charge in [-0.1, -0.05) is 11.6 Å². The molecule has 1 heterocycles. The van der Waals surface area contributed by atoms with E-state index in [1.807, 2.05) is 6.92 Å². The fourth-order valence-electron chi connectivity index (χ4n) is 2.82. The lowest BCUT2D eigenvalue weighted by Crippen LogP contribution is -2.23. The third-order valence-electron chi connectivity index (χ3n) is 4.17. The number of anilines is 1. The molecule has 1 atom stereocenters. The molecule has 8 heteroatoms. The molecule has 3 rings (SSSR count). The maximum absolute atomic E-state index is 12.4. The minimum Gasteiger partial charge on any atom is -0.494 e. The van der Waals surface area contributed by atoms with Gasteiger partial charge in [0.1, 0.15) is 11.5 Å². The van der Waals surface area contributed by atoms with Gasteiger partial charge in [-0.05, 0) is 55.8 Å². The van der Waals surface area contributed by atoms with Gasteiger partial charge >= 0.3 is 0 Å². The van der Waals surface area contributed by atoms with Crippen LogP contribution >= 0.6 is 11.6 Å². The number of hydrogen-bond donors (Lipinski definition) is 1. The highest BCUT2D eigenvalue weighted by molar-refractivity contribution is 7.91. The lowest BCUT2D eigenvalue weighted by atomic mass is 10.1. The molecule has 144 valence electrons. The van der Waals surface area contributed by atoms with Crippen molar-refractivity contribution in [3.8, 4) is 17.2 Å². The summed E-state index contributed by atoms with van der Waals surface area (Å²) in [5.74, 6) is 0.710. The van der Waals surface area contributed by atoms with Crippen molar-refractivity contribution in [2.45, 2.75) is 13.3 Å². The van der Waals surface area contributed by atoms with Crippen molar-refractivity contribution in [2.24, 2.45) is 5.92 Å². The van der Waals surface area contributed by atoms with Crippen LogP contribution in [0.1, 0.15) is 13.3 Å². The SMILES string of the molecule is CCOc1ccc(Oc2ccc(Cl)cc2NC(=O)C2CCS(=O)(=O)C2)cc1. The topological polar surface area (TPSA) is 81.7 Å². The van der Waals surface area contributed by atoms with Gasteiger partial charge in [0.25, 0.3) is 0 Å². The summed E-state index contributed by atoms with van der Waals surface area (Å²) in [6.07, 6.45) is 0.323. The molecule has 0 aromatic heterocycles. The lowest BCUT2D eigenvalue weighted by Gasteiger charge is -2.15. The molecule has 1 unspecified atom stereocenters. The summed E-state index contributed by atoms with van der Waals surface area (Å²) in [6, 6.07) is 12.0. The zero-order valence-electron chi connectivity index (χ0n) is 14.8. The van der Waals surface area contributed by atoms with Crippen LogP contribution in [0.4, 0.5) is 5.69 Å². The van der Waals surface area contributed by atoms with Crippen LogP contribution in [0, 0.1) is 5.92 Å². The number of hydrogen-bond acceptors (Lipinski definition) is 5. The van der Waals surface area contributed by atoms with Crippen molar-refractivity contribution >= 4 is 33.0 Å². The third kappa shape index (κ3) is 5.14. The van der Waals surface area contributed by atoms with E-state index in [1.54, 1.807) is 42.5 Å². The monoisotopic (exact) mass is 409 g/mol. The molecule has 0 aliphatic carbocycles. The molecule has 0 saturated carbocycles. The quantitative estimate of drug-likeness (QED) is 0.782. The van der Waals surface area contributed by atoms with E-state index in [9.17, 15) is 13.2 Å². The molecular weight excluding hydrogens is 390 g/mol. The van der Waals surface area contributed by atoms with E-state index >= 15 is 0 Å². The van der Waals surface area contributed by atoms with Gasteiger partial charge in [-0.25, -0.2) is 8.42 Å². The van der Waals surface area contributed by atoms with Crippen LogP contribution in [0.2, 0.25) is 5.02 Å². The Morgan fingerprint density at radius 1 is 1.19 bits per heavy atom. The second-order valence-electron chi connectivity index (χ2n) is 6.24. The fraction of sp³-hybridized carbons (Fsp3) is 0.316. The van der Waals surface area contributed by atoms with Crippen LogP contribution in [0.15, 0.2) is 42.5 Å². The molecule has 1 amide bonds. The van der Waals surface area contributed by atoms with Crippen LogP contribution in [0.3, 0.4) is 0 Å². The number of sulfone groups is 1. The first-order valence-electron chi connectivity index (χ1n) is 8.58. The van der Waals surface area contributed by atoms with Crippen LogP contribution < -0.4 is 14.8 Å². The molecule has 1 saturated heterocycles. The van der Waals surface area contributed by atoms with Gasteiger partial charge in [0, 0.05) is 5.02 Å². The number of halogens is 1. The molecule has 0 radical (unpaired) electrons. The maximum Gasteiger partial charge on any atom is 0.228 e. The van der Waals surface area contributed by atoms with Crippen molar-refractivity contribution < 1.29 is 22.7 Å². The Labute approximate surface area is 163 Å². The highest BCUT2D eigenvalue weighted by Crippen LogP contribution is 2.33. The molecule has 0 bridgehead atoms. The first kappa shape index (κ1) is 19.5. The molecule has 2 aromatic rings. The average Bonchev–Trinajstić information content (AvgIpc) is 2.99. The number of benzene rings is 2. The van der Waals surface area contributed by atoms with E-state index in [4.69, 9.17) is 21.1 Å². The number of amides is 1. The summed E-state index contributed by atoms with van der Waals surface area (Å²) in [4.78, 5) is 12.4. The number of carbonyl (C=O) groups excluding carboxylic acids is 1. The molecule has 1 N–H and O–H groups in total. The van der Waals surface area contributed by atoms with Gasteiger partial charge in [-0.15, -0.1) is 0 Å². The predicted molar refractivity (Wildman–Crippen MR) is 105 cm³/mol. The largest absolute Gasteiger partial charge is 0.494 e. The highest BCUT2D eigenvalue weighted by Gasteiger charge is 2.33. The Bertz CT molecular complexity index is 928. The zero-order chi connectivity index (χ0) is 19.4. The zero-order valence-corrected chi connectivity index (χ0v) is 16.3. The van der Waals surface area contributed by atoms with Crippen molar-refractivity contribution in [1.29, 1.82) is 0 Å². The first-order chi connectivity index (χ1) is 12.9. The van der Waals surface area contributed by atoms with Crippen molar-refractivity contribution in [3.63, 3.8) is 0 Å². The van der Waals surface area contributed by atoms with Crippen LogP contribution in [-0.4, -0.2) is 32.4 Å². The van der Waals surface area contributed by atoms with E-state index in [-0.39, 0.29) is 17.4 Å². The lowest BCUT2D eigenvalue weighted by molar-refractivity contribution is -0.119. The predicted octanol–water partition coefficient (Wildman–Crippen LogP) is 3.90. The standard InChI is InChI=1S/C19H20ClNO5S/c1-2-25-15-4-6-16(7-5-15)26-18-8-3-14(20)11-17(18)21-19(22)13-9-10-27(23,24)12-13/h3-8,11,13H,2,9-10,12H2,1H3,(H,21,22). The average molecular weight is 410 g/mol. The summed E-state index contributed by atoms with van der Waals surface area (Å²) in [7, 11) is -3.14. The summed E-state index contributed by atoms with van der Waals surface area (Å²) < 4.78 is 34.4. The van der Waals surface area contributed by atoms with E-state index in [0.717, 1.165) is 5.75 Å². The van der Waals surface area contributed by atoms with E-state index < -0.39 is 15.8 Å². The normalized spacial score (nSPS) is 18.1. The molecule has 1 fully saturated rings. The first-order valence-corrected chi connectivity index (χ1v) is 10.8.